The first-order valence-electron chi connectivity index (χ1n) is 18.1. The van der Waals surface area contributed by atoms with Crippen LogP contribution in [-0.2, 0) is 19.5 Å². The SMILES string of the molecule is CCc1c(F)ccc2cc(O)cc(-c3ncc4c(N5CCCn6nc(C(=O)N(C)CCO)cc6C5)nc(OC[C@@]56CCCN5C[C@H](F)C6)nc4c3F)c12. The summed E-state index contributed by atoms with van der Waals surface area (Å²) in [4.78, 5) is 32.5. The summed E-state index contributed by atoms with van der Waals surface area (Å²) < 4.78 is 54.9. The summed E-state index contributed by atoms with van der Waals surface area (Å²) in [7, 11) is 1.60. The standard InChI is InChI=1S/C38H41F3N8O4/c1-3-26-29(40)7-6-22-14-25(51)16-27(31(22)26)33-32(41)34-28(18-42-33)35(44-37(43-34)53-21-38-8-4-10-48(38)19-23(39)17-38)47-9-5-11-49-24(20-47)15-30(45-49)36(52)46(2)12-13-50/h6-7,14-16,18,23,50-51H,3-5,8-13,17,19-21H2,1-2H3/t23-,38+/m1/s1. The number of aromatic hydroxyl groups is 1. The molecule has 0 aliphatic carbocycles. The number of hydrogen-bond acceptors (Lipinski definition) is 10. The zero-order valence-corrected chi connectivity index (χ0v) is 29.7. The van der Waals surface area contributed by atoms with Gasteiger partial charge in [0.25, 0.3) is 5.91 Å². The Kier molecular flexibility index (Phi) is 9.09. The normalized spacial score (nSPS) is 20.2. The van der Waals surface area contributed by atoms with Crippen molar-refractivity contribution in [3.63, 3.8) is 0 Å². The van der Waals surface area contributed by atoms with Crippen LogP contribution < -0.4 is 9.64 Å². The van der Waals surface area contributed by atoms with Gasteiger partial charge in [0.2, 0.25) is 0 Å². The molecule has 6 heterocycles. The molecule has 3 aliphatic heterocycles. The molecule has 0 saturated carbocycles. The van der Waals surface area contributed by atoms with Crippen LogP contribution in [-0.4, -0.2) is 109 Å². The molecular weight excluding hydrogens is 689 g/mol. The van der Waals surface area contributed by atoms with E-state index in [9.17, 15) is 19.4 Å². The highest BCUT2D eigenvalue weighted by Gasteiger charge is 2.49. The molecule has 1 amide bonds. The first-order valence-corrected chi connectivity index (χ1v) is 18.1. The summed E-state index contributed by atoms with van der Waals surface area (Å²) in [6, 6.07) is 7.40. The molecule has 8 rings (SSSR count). The van der Waals surface area contributed by atoms with Crippen LogP contribution in [0.2, 0.25) is 0 Å². The van der Waals surface area contributed by atoms with Gasteiger partial charge in [0, 0.05) is 51.4 Å². The van der Waals surface area contributed by atoms with Gasteiger partial charge in [-0.25, -0.2) is 13.2 Å². The molecule has 278 valence electrons. The predicted molar refractivity (Wildman–Crippen MR) is 192 cm³/mol. The van der Waals surface area contributed by atoms with E-state index < -0.39 is 23.3 Å². The third kappa shape index (κ3) is 6.18. The zero-order chi connectivity index (χ0) is 37.0. The Morgan fingerprint density at radius 2 is 1.98 bits per heavy atom. The number of benzene rings is 2. The van der Waals surface area contributed by atoms with Crippen molar-refractivity contribution in [1.29, 1.82) is 0 Å². The molecule has 2 atom stereocenters. The van der Waals surface area contributed by atoms with E-state index in [4.69, 9.17) is 9.72 Å². The smallest absolute Gasteiger partial charge is 0.319 e. The fourth-order valence-corrected chi connectivity index (χ4v) is 8.39. The summed E-state index contributed by atoms with van der Waals surface area (Å²) >= 11 is 0. The second kappa shape index (κ2) is 13.8. The van der Waals surface area contributed by atoms with Gasteiger partial charge in [-0.05, 0) is 72.8 Å². The molecule has 2 fully saturated rings. The first-order chi connectivity index (χ1) is 25.6. The van der Waals surface area contributed by atoms with E-state index in [0.29, 0.717) is 66.4 Å². The van der Waals surface area contributed by atoms with Crippen molar-refractivity contribution in [3.05, 3.63) is 65.1 Å². The third-order valence-electron chi connectivity index (χ3n) is 11.0. The van der Waals surface area contributed by atoms with Crippen molar-refractivity contribution < 1.29 is 32.9 Å². The van der Waals surface area contributed by atoms with E-state index in [1.165, 1.54) is 29.3 Å². The van der Waals surface area contributed by atoms with Gasteiger partial charge in [0.05, 0.1) is 29.8 Å². The summed E-state index contributed by atoms with van der Waals surface area (Å²) in [6.45, 7) is 4.35. The van der Waals surface area contributed by atoms with Crippen molar-refractivity contribution in [2.24, 2.45) is 0 Å². The molecule has 2 saturated heterocycles. The summed E-state index contributed by atoms with van der Waals surface area (Å²) in [5, 5.41) is 25.8. The maximum atomic E-state index is 17.1. The summed E-state index contributed by atoms with van der Waals surface area (Å²) in [5.74, 6) is -1.32. The van der Waals surface area contributed by atoms with Gasteiger partial charge in [-0.1, -0.05) is 13.0 Å². The molecule has 15 heteroatoms. The number of phenolic OH excluding ortho intramolecular Hbond substituents is 1. The minimum Gasteiger partial charge on any atom is -0.508 e. The number of amides is 1. The molecule has 5 aromatic rings. The molecule has 0 bridgehead atoms. The number of anilines is 1. The van der Waals surface area contributed by atoms with Gasteiger partial charge in [-0.3, -0.25) is 19.4 Å². The number of nitrogens with zero attached hydrogens (tertiary/aromatic N) is 8. The van der Waals surface area contributed by atoms with Crippen LogP contribution in [0.25, 0.3) is 32.9 Å². The minimum atomic E-state index is -0.963. The number of aryl methyl sites for hydroxylation is 2. The largest absolute Gasteiger partial charge is 0.508 e. The predicted octanol–water partition coefficient (Wildman–Crippen LogP) is 5.02. The topological polar surface area (TPSA) is 133 Å². The minimum absolute atomic E-state index is 0.0734. The number of aliphatic hydroxyl groups excluding tert-OH is 1. The van der Waals surface area contributed by atoms with Crippen molar-refractivity contribution >= 4 is 33.4 Å². The Labute approximate surface area is 303 Å². The molecule has 0 unspecified atom stereocenters. The maximum absolute atomic E-state index is 17.1. The van der Waals surface area contributed by atoms with Crippen molar-refractivity contribution in [3.8, 4) is 23.0 Å². The Morgan fingerprint density at radius 1 is 1.13 bits per heavy atom. The average molecular weight is 731 g/mol. The van der Waals surface area contributed by atoms with Crippen LogP contribution in [0.4, 0.5) is 19.0 Å². The number of alkyl halides is 1. The van der Waals surface area contributed by atoms with Crippen LogP contribution in [0, 0.1) is 11.6 Å². The number of rotatable bonds is 9. The van der Waals surface area contributed by atoms with Crippen LogP contribution in [0.3, 0.4) is 0 Å². The lowest BCUT2D eigenvalue weighted by atomic mass is 9.94. The highest BCUT2D eigenvalue weighted by atomic mass is 19.1. The highest BCUT2D eigenvalue weighted by Crippen LogP contribution is 2.42. The molecule has 3 aromatic heterocycles. The van der Waals surface area contributed by atoms with Crippen LogP contribution in [0.5, 0.6) is 11.8 Å². The number of phenols is 1. The van der Waals surface area contributed by atoms with Crippen molar-refractivity contribution in [2.75, 3.05) is 51.3 Å². The number of ether oxygens (including phenoxy) is 1. The van der Waals surface area contributed by atoms with Crippen molar-refractivity contribution in [2.45, 2.75) is 63.8 Å². The number of halogens is 3. The lowest BCUT2D eigenvalue weighted by Crippen LogP contribution is -2.43. The number of fused-ring (bicyclic) bond motifs is 4. The summed E-state index contributed by atoms with van der Waals surface area (Å²) in [5.41, 5.74) is 0.893. The number of carbonyl (C=O) groups is 1. The first kappa shape index (κ1) is 35.0. The second-order valence-corrected chi connectivity index (χ2v) is 14.3. The summed E-state index contributed by atoms with van der Waals surface area (Å²) in [6.07, 6.45) is 3.50. The van der Waals surface area contributed by atoms with Gasteiger partial charge in [0.15, 0.2) is 11.5 Å². The fourth-order valence-electron chi connectivity index (χ4n) is 8.39. The Balaban J connectivity index is 1.24. The molecule has 2 aromatic carbocycles. The molecule has 2 N–H and O–H groups in total. The number of aromatic nitrogens is 5. The van der Waals surface area contributed by atoms with E-state index >= 15 is 8.78 Å². The van der Waals surface area contributed by atoms with Gasteiger partial charge in [0.1, 0.15) is 41.4 Å². The van der Waals surface area contributed by atoms with Crippen LogP contribution in [0.15, 0.2) is 36.5 Å². The molecule has 53 heavy (non-hydrogen) atoms. The number of pyridine rings is 1. The molecule has 0 radical (unpaired) electrons. The highest BCUT2D eigenvalue weighted by molar-refractivity contribution is 6.01. The molecule has 12 nitrogen and oxygen atoms in total. The van der Waals surface area contributed by atoms with Gasteiger partial charge in [-0.2, -0.15) is 15.1 Å². The lowest BCUT2D eigenvalue weighted by Gasteiger charge is -2.31. The van der Waals surface area contributed by atoms with Gasteiger partial charge in [-0.15, -0.1) is 0 Å². The number of aliphatic hydroxyl groups is 1. The van der Waals surface area contributed by atoms with Crippen molar-refractivity contribution in [1.82, 2.24) is 34.5 Å². The van der Waals surface area contributed by atoms with E-state index in [-0.39, 0.29) is 66.4 Å². The molecule has 3 aliphatic rings. The number of hydrogen-bond donors (Lipinski definition) is 2. The number of carbonyl (C=O) groups excluding carboxylic acids is 1. The quantitative estimate of drug-likeness (QED) is 0.213. The van der Waals surface area contributed by atoms with Crippen LogP contribution in [0.1, 0.15) is 54.4 Å². The Morgan fingerprint density at radius 3 is 2.79 bits per heavy atom. The number of likely N-dealkylation sites (N-methyl/N-ethyl adjacent to an activating group) is 1. The Bertz CT molecular complexity index is 2230. The van der Waals surface area contributed by atoms with Crippen LogP contribution >= 0.6 is 0 Å². The maximum Gasteiger partial charge on any atom is 0.319 e. The lowest BCUT2D eigenvalue weighted by molar-refractivity contribution is 0.0760. The van der Waals surface area contributed by atoms with Gasteiger partial charge < -0.3 is 24.7 Å². The third-order valence-corrected chi connectivity index (χ3v) is 11.0. The molecular formula is C38H41F3N8O4. The van der Waals surface area contributed by atoms with E-state index in [0.717, 1.165) is 25.1 Å². The monoisotopic (exact) mass is 730 g/mol. The second-order valence-electron chi connectivity index (χ2n) is 14.3. The van der Waals surface area contributed by atoms with E-state index in [1.807, 2.05) is 11.8 Å². The Hall–Kier alpha value is -5.02. The molecule has 0 spiro atoms. The van der Waals surface area contributed by atoms with E-state index in [2.05, 4.69) is 20.0 Å². The zero-order valence-electron chi connectivity index (χ0n) is 29.7. The average Bonchev–Trinajstić information content (AvgIpc) is 3.77. The van der Waals surface area contributed by atoms with E-state index in [1.54, 1.807) is 23.9 Å². The fraction of sp³-hybridized carbons (Fsp3) is 0.447. The van der Waals surface area contributed by atoms with Gasteiger partial charge >= 0.3 is 6.01 Å².